The number of fused-ring (bicyclic) bond motifs is 1. The lowest BCUT2D eigenvalue weighted by atomic mass is 9.89. The molecule has 15 heteroatoms. The molecule has 2 unspecified atom stereocenters. The van der Waals surface area contributed by atoms with E-state index in [4.69, 9.17) is 23.5 Å². The number of hydrogen-bond acceptors (Lipinski definition) is 10. The lowest BCUT2D eigenvalue weighted by Crippen LogP contribution is -2.59. The van der Waals surface area contributed by atoms with Crippen LogP contribution < -0.4 is 17.0 Å². The van der Waals surface area contributed by atoms with E-state index in [2.05, 4.69) is 59.6 Å². The molecule has 1 aromatic heterocycles. The van der Waals surface area contributed by atoms with Crippen molar-refractivity contribution in [3.63, 3.8) is 0 Å². The summed E-state index contributed by atoms with van der Waals surface area (Å²) in [6, 6.07) is 7.80. The topological polar surface area (TPSA) is 153 Å². The SMILES string of the molecule is Cc1cn([C@@H]2O[C@H](CO[Si](C)(C)C(C)(C)C)C3(OS(=O)(=O)C=C3N)[C@H]2O[Si](C)(C)C(C)(C)C)c(=O)n(CCC2C=Nc3ccccc32)c1=O. The summed E-state index contributed by atoms with van der Waals surface area (Å²) < 4.78 is 55.0. The molecule has 3 aliphatic heterocycles. The molecule has 0 bridgehead atoms. The number of nitrogens with two attached hydrogens (primary N) is 1. The van der Waals surface area contributed by atoms with Gasteiger partial charge in [0.15, 0.2) is 28.5 Å². The van der Waals surface area contributed by atoms with Crippen LogP contribution in [0.15, 0.2) is 56.1 Å². The first-order chi connectivity index (χ1) is 22.4. The average Bonchev–Trinajstić information content (AvgIpc) is 3.59. The lowest BCUT2D eigenvalue weighted by molar-refractivity contribution is -0.0567. The van der Waals surface area contributed by atoms with Crippen LogP contribution in [-0.2, 0) is 34.4 Å². The predicted molar refractivity (Wildman–Crippen MR) is 196 cm³/mol. The third-order valence-electron chi connectivity index (χ3n) is 11.1. The van der Waals surface area contributed by atoms with Crippen LogP contribution in [0.1, 0.15) is 71.2 Å². The standard InChI is InChI=1S/C34H52N4O8SSi2/c1-22-19-38(31(40)37(29(22)39)17-16-23-18-36-25-15-13-12-14-24(23)25)30-28(45-49(10,11)33(5,6)7)34(26(35)21-47(41,42)46-34)27(44-30)20-43-48(8,9)32(2,3)4/h12-15,18-19,21,23,27-28,30H,16-17,20,35H2,1-11H3/t23?,27-,28+,30-,34?/m1/s1. The van der Waals surface area contributed by atoms with Crippen LogP contribution in [0.2, 0.25) is 36.3 Å². The highest BCUT2D eigenvalue weighted by atomic mass is 32.2. The van der Waals surface area contributed by atoms with Gasteiger partial charge in [-0.15, -0.1) is 0 Å². The summed E-state index contributed by atoms with van der Waals surface area (Å²) in [4.78, 5) is 32.4. The summed E-state index contributed by atoms with van der Waals surface area (Å²) in [6.07, 6.45) is 0.332. The van der Waals surface area contributed by atoms with Crippen molar-refractivity contribution in [2.45, 2.75) is 128 Å². The Balaban J connectivity index is 1.62. The van der Waals surface area contributed by atoms with Crippen LogP contribution in [0.3, 0.4) is 0 Å². The number of rotatable bonds is 9. The Hall–Kier alpha value is -2.67. The minimum atomic E-state index is -4.24. The molecule has 0 aliphatic carbocycles. The highest BCUT2D eigenvalue weighted by molar-refractivity contribution is 7.90. The summed E-state index contributed by atoms with van der Waals surface area (Å²) in [5, 5.41) is 0.423. The van der Waals surface area contributed by atoms with Gasteiger partial charge in [0.2, 0.25) is 0 Å². The molecule has 1 spiro atoms. The smallest absolute Gasteiger partial charge is 0.333 e. The fourth-order valence-electron chi connectivity index (χ4n) is 6.02. The Bertz CT molecular complexity index is 1910. The van der Waals surface area contributed by atoms with E-state index in [9.17, 15) is 18.0 Å². The number of aromatic nitrogens is 2. The summed E-state index contributed by atoms with van der Waals surface area (Å²) in [6.45, 7) is 22.4. The summed E-state index contributed by atoms with van der Waals surface area (Å²) in [5.41, 5.74) is 5.91. The second kappa shape index (κ2) is 12.5. The molecule has 0 saturated carbocycles. The zero-order chi connectivity index (χ0) is 36.5. The van der Waals surface area contributed by atoms with E-state index in [1.54, 1.807) is 6.92 Å². The zero-order valence-electron chi connectivity index (χ0n) is 30.6. The summed E-state index contributed by atoms with van der Waals surface area (Å²) >= 11 is 0. The molecule has 5 rings (SSSR count). The van der Waals surface area contributed by atoms with Gasteiger partial charge >= 0.3 is 5.69 Å². The molecule has 5 atom stereocenters. The third kappa shape index (κ3) is 6.75. The molecule has 1 fully saturated rings. The molecule has 270 valence electrons. The van der Waals surface area contributed by atoms with E-state index >= 15 is 0 Å². The first-order valence-corrected chi connectivity index (χ1v) is 24.1. The molecule has 0 amide bonds. The Morgan fingerprint density at radius 2 is 1.65 bits per heavy atom. The molecule has 3 aliphatic rings. The van der Waals surface area contributed by atoms with Crippen molar-refractivity contribution in [2.24, 2.45) is 10.7 Å². The average molecular weight is 733 g/mol. The van der Waals surface area contributed by atoms with Gasteiger partial charge < -0.3 is 19.3 Å². The maximum absolute atomic E-state index is 14.4. The van der Waals surface area contributed by atoms with Crippen LogP contribution in [-0.4, -0.2) is 64.8 Å². The molecule has 2 aromatic rings. The Kier molecular flexibility index (Phi) is 9.61. The quantitative estimate of drug-likeness (QED) is 0.263. The minimum absolute atomic E-state index is 0.0534. The molecular weight excluding hydrogens is 681 g/mol. The van der Waals surface area contributed by atoms with E-state index in [0.717, 1.165) is 16.7 Å². The van der Waals surface area contributed by atoms with Crippen molar-refractivity contribution in [3.8, 4) is 0 Å². The van der Waals surface area contributed by atoms with E-state index in [0.29, 0.717) is 12.0 Å². The summed E-state index contributed by atoms with van der Waals surface area (Å²) in [7, 11) is -9.35. The van der Waals surface area contributed by atoms with Gasteiger partial charge in [-0.3, -0.25) is 18.9 Å². The Morgan fingerprint density at radius 1 is 1.02 bits per heavy atom. The van der Waals surface area contributed by atoms with E-state index in [1.165, 1.54) is 15.3 Å². The van der Waals surface area contributed by atoms with Gasteiger partial charge in [0, 0.05) is 30.4 Å². The second-order valence-electron chi connectivity index (χ2n) is 16.5. The molecule has 49 heavy (non-hydrogen) atoms. The molecule has 12 nitrogen and oxygen atoms in total. The van der Waals surface area contributed by atoms with E-state index in [1.807, 2.05) is 43.6 Å². The molecule has 1 aromatic carbocycles. The predicted octanol–water partition coefficient (Wildman–Crippen LogP) is 5.42. The molecule has 1 saturated heterocycles. The van der Waals surface area contributed by atoms with Gasteiger partial charge in [0.05, 0.1) is 23.4 Å². The van der Waals surface area contributed by atoms with Gasteiger partial charge in [-0.25, -0.2) is 8.98 Å². The molecule has 0 radical (unpaired) electrons. The number of aliphatic imine (C=N–C) groups is 1. The maximum Gasteiger partial charge on any atom is 0.333 e. The molecular formula is C34H52N4O8SSi2. The molecule has 4 heterocycles. The lowest BCUT2D eigenvalue weighted by Gasteiger charge is -2.43. The van der Waals surface area contributed by atoms with Crippen molar-refractivity contribution in [2.75, 3.05) is 6.61 Å². The number of aryl methyl sites for hydroxylation is 1. The zero-order valence-corrected chi connectivity index (χ0v) is 33.4. The van der Waals surface area contributed by atoms with Crippen LogP contribution in [0.4, 0.5) is 5.69 Å². The van der Waals surface area contributed by atoms with Crippen molar-refractivity contribution in [3.05, 3.63) is 73.5 Å². The largest absolute Gasteiger partial charge is 0.414 e. The van der Waals surface area contributed by atoms with E-state index in [-0.39, 0.29) is 34.8 Å². The summed E-state index contributed by atoms with van der Waals surface area (Å²) in [5.74, 6) is -0.0592. The van der Waals surface area contributed by atoms with Gasteiger partial charge in [0.1, 0.15) is 12.2 Å². The number of ether oxygens (including phenoxy) is 1. The van der Waals surface area contributed by atoms with E-state index < -0.39 is 62.0 Å². The van der Waals surface area contributed by atoms with Crippen LogP contribution in [0.5, 0.6) is 0 Å². The van der Waals surface area contributed by atoms with Gasteiger partial charge in [-0.1, -0.05) is 59.7 Å². The van der Waals surface area contributed by atoms with Gasteiger partial charge in [-0.2, -0.15) is 8.42 Å². The van der Waals surface area contributed by atoms with Crippen molar-refractivity contribution < 1.29 is 26.2 Å². The normalized spacial score (nSPS) is 26.8. The highest BCUT2D eigenvalue weighted by Crippen LogP contribution is 2.52. The number of para-hydroxylation sites is 1. The Labute approximate surface area is 291 Å². The first-order valence-electron chi connectivity index (χ1n) is 16.8. The van der Waals surface area contributed by atoms with Gasteiger partial charge in [0.25, 0.3) is 15.7 Å². The second-order valence-corrected chi connectivity index (χ2v) is 27.5. The van der Waals surface area contributed by atoms with Crippen LogP contribution >= 0.6 is 0 Å². The number of hydrogen-bond donors (Lipinski definition) is 1. The fraction of sp³-hybridized carbons (Fsp3) is 0.618. The highest BCUT2D eigenvalue weighted by Gasteiger charge is 2.67. The maximum atomic E-state index is 14.4. The van der Waals surface area contributed by atoms with Crippen molar-refractivity contribution >= 4 is 38.7 Å². The third-order valence-corrected chi connectivity index (χ3v) is 21.1. The fourth-order valence-corrected chi connectivity index (χ4v) is 9.53. The molecule has 2 N–H and O–H groups in total. The first kappa shape index (κ1) is 37.6. The Morgan fingerprint density at radius 3 is 2.24 bits per heavy atom. The van der Waals surface area contributed by atoms with Gasteiger partial charge in [-0.05, 0) is 61.2 Å². The number of nitrogens with zero attached hydrogens (tertiary/aromatic N) is 3. The minimum Gasteiger partial charge on any atom is -0.414 e. The van der Waals surface area contributed by atoms with Crippen molar-refractivity contribution in [1.82, 2.24) is 9.13 Å². The van der Waals surface area contributed by atoms with Crippen LogP contribution in [0.25, 0.3) is 0 Å². The van der Waals surface area contributed by atoms with Crippen molar-refractivity contribution in [1.29, 1.82) is 0 Å². The van der Waals surface area contributed by atoms with Crippen LogP contribution in [0, 0.1) is 6.92 Å². The monoisotopic (exact) mass is 732 g/mol. The number of benzene rings is 1.